The molecule has 2 aliphatic rings. The van der Waals surface area contributed by atoms with Crippen LogP contribution in [0.25, 0.3) is 22.8 Å². The number of carbonyl (C=O) groups is 1. The molecule has 1 fully saturated rings. The molecule has 0 saturated heterocycles. The lowest BCUT2D eigenvalue weighted by Gasteiger charge is -2.25. The smallest absolute Gasteiger partial charge is 0.263 e. The molecule has 1 aliphatic heterocycles. The number of carbonyl (C=O) groups excluding carboxylic acids is 1. The van der Waals surface area contributed by atoms with Crippen LogP contribution < -0.4 is 10.1 Å². The van der Waals surface area contributed by atoms with Gasteiger partial charge in [-0.3, -0.25) is 4.79 Å². The van der Waals surface area contributed by atoms with Crippen LogP contribution in [0.2, 0.25) is 0 Å². The summed E-state index contributed by atoms with van der Waals surface area (Å²) < 4.78 is 16.3. The molecule has 2 aromatic carbocycles. The number of anilines is 1. The maximum absolute atomic E-state index is 12.8. The van der Waals surface area contributed by atoms with E-state index in [-0.39, 0.29) is 11.8 Å². The lowest BCUT2D eigenvalue weighted by atomic mass is 9.90. The first-order valence-electron chi connectivity index (χ1n) is 11.1. The van der Waals surface area contributed by atoms with Crippen LogP contribution in [0, 0.1) is 0 Å². The van der Waals surface area contributed by atoms with Gasteiger partial charge in [-0.1, -0.05) is 40.6 Å². The van der Waals surface area contributed by atoms with Crippen molar-refractivity contribution in [3.05, 3.63) is 66.1 Å². The van der Waals surface area contributed by atoms with Gasteiger partial charge < -0.3 is 19.1 Å². The second kappa shape index (κ2) is 8.20. The molecule has 166 valence electrons. The van der Waals surface area contributed by atoms with E-state index in [9.17, 15) is 4.79 Å². The van der Waals surface area contributed by atoms with E-state index in [2.05, 4.69) is 20.6 Å². The molecular formula is C25H22N4O4. The van der Waals surface area contributed by atoms with Crippen LogP contribution in [0.15, 0.2) is 63.8 Å². The molecule has 1 N–H and O–H groups in total. The van der Waals surface area contributed by atoms with Crippen molar-refractivity contribution in [1.29, 1.82) is 0 Å². The van der Waals surface area contributed by atoms with Crippen molar-refractivity contribution in [3.8, 4) is 28.6 Å². The molecular weight excluding hydrogens is 420 g/mol. The number of amides is 1. The van der Waals surface area contributed by atoms with Crippen LogP contribution in [0.3, 0.4) is 0 Å². The number of hydrogen-bond acceptors (Lipinski definition) is 7. The first kappa shape index (κ1) is 19.7. The second-order valence-corrected chi connectivity index (χ2v) is 8.52. The number of aromatic nitrogens is 3. The molecule has 8 heteroatoms. The van der Waals surface area contributed by atoms with Crippen LogP contribution in [-0.2, 0) is 4.79 Å². The lowest BCUT2D eigenvalue weighted by molar-refractivity contribution is -0.116. The Morgan fingerprint density at radius 3 is 2.88 bits per heavy atom. The van der Waals surface area contributed by atoms with Crippen LogP contribution in [0.5, 0.6) is 5.75 Å². The predicted octanol–water partition coefficient (Wildman–Crippen LogP) is 5.16. The van der Waals surface area contributed by atoms with Gasteiger partial charge in [-0.2, -0.15) is 4.98 Å². The summed E-state index contributed by atoms with van der Waals surface area (Å²) in [5, 5.41) is 11.2. The molecule has 8 nitrogen and oxygen atoms in total. The van der Waals surface area contributed by atoms with Crippen molar-refractivity contribution in [3.63, 3.8) is 0 Å². The molecule has 3 heterocycles. The third-order valence-electron chi connectivity index (χ3n) is 6.14. The molecule has 6 rings (SSSR count). The van der Waals surface area contributed by atoms with Crippen LogP contribution in [-0.4, -0.2) is 27.8 Å². The van der Waals surface area contributed by atoms with Crippen molar-refractivity contribution in [2.45, 2.75) is 37.5 Å². The van der Waals surface area contributed by atoms with E-state index >= 15 is 0 Å². The molecule has 2 aromatic heterocycles. The highest BCUT2D eigenvalue weighted by Gasteiger charge is 2.31. The van der Waals surface area contributed by atoms with E-state index in [1.165, 1.54) is 0 Å². The summed E-state index contributed by atoms with van der Waals surface area (Å²) in [5.74, 6) is 2.22. The fourth-order valence-corrected chi connectivity index (χ4v) is 4.31. The Balaban J connectivity index is 1.17. The van der Waals surface area contributed by atoms with Crippen molar-refractivity contribution in [2.24, 2.45) is 0 Å². The van der Waals surface area contributed by atoms with Crippen molar-refractivity contribution >= 4 is 11.6 Å². The zero-order valence-corrected chi connectivity index (χ0v) is 17.9. The Labute approximate surface area is 189 Å². The molecule has 1 amide bonds. The van der Waals surface area contributed by atoms with Gasteiger partial charge in [-0.05, 0) is 48.9 Å². The fourth-order valence-electron chi connectivity index (χ4n) is 4.31. The maximum atomic E-state index is 12.8. The summed E-state index contributed by atoms with van der Waals surface area (Å²) in [4.78, 5) is 17.3. The minimum atomic E-state index is -0.0406. The van der Waals surface area contributed by atoms with Crippen LogP contribution >= 0.6 is 0 Å². The quantitative estimate of drug-likeness (QED) is 0.440. The highest BCUT2D eigenvalue weighted by molar-refractivity contribution is 5.92. The molecule has 0 radical (unpaired) electrons. The molecule has 1 unspecified atom stereocenters. The van der Waals surface area contributed by atoms with Crippen molar-refractivity contribution in [2.75, 3.05) is 11.9 Å². The number of fused-ring (bicyclic) bond motifs is 1. The first-order valence-corrected chi connectivity index (χ1v) is 11.1. The van der Waals surface area contributed by atoms with Gasteiger partial charge in [0.2, 0.25) is 11.7 Å². The summed E-state index contributed by atoms with van der Waals surface area (Å²) in [5.41, 5.74) is 4.15. The summed E-state index contributed by atoms with van der Waals surface area (Å²) >= 11 is 0. The predicted molar refractivity (Wildman–Crippen MR) is 120 cm³/mol. The summed E-state index contributed by atoms with van der Waals surface area (Å²) in [6.45, 7) is 0.624. The van der Waals surface area contributed by atoms with E-state index in [0.29, 0.717) is 36.3 Å². The molecule has 1 saturated carbocycles. The highest BCUT2D eigenvalue weighted by Crippen LogP contribution is 2.43. The van der Waals surface area contributed by atoms with Gasteiger partial charge in [0.25, 0.3) is 5.89 Å². The Hall–Kier alpha value is -3.94. The van der Waals surface area contributed by atoms with E-state index in [1.54, 1.807) is 6.26 Å². The van der Waals surface area contributed by atoms with Gasteiger partial charge in [-0.25, -0.2) is 0 Å². The minimum absolute atomic E-state index is 0.0406. The first-order chi connectivity index (χ1) is 16.2. The molecule has 1 aliphatic carbocycles. The summed E-state index contributed by atoms with van der Waals surface area (Å²) in [7, 11) is 0. The Morgan fingerprint density at radius 2 is 1.97 bits per heavy atom. The van der Waals surface area contributed by atoms with Gasteiger partial charge in [0.1, 0.15) is 17.6 Å². The number of nitrogens with one attached hydrogen (secondary N) is 1. The standard InChI is InChI=1S/C25H22N4O4/c30-22(13-16-10-11-31-21-7-2-1-6-19(16)21)26-18-5-3-4-17(12-18)24-27-25(33-29-24)20-14-32-28-23(20)15-8-9-15/h1-7,12,14-16H,8-11,13H2,(H,26,30). The van der Waals surface area contributed by atoms with E-state index in [1.807, 2.05) is 48.5 Å². The van der Waals surface area contributed by atoms with E-state index in [4.69, 9.17) is 13.8 Å². The third-order valence-corrected chi connectivity index (χ3v) is 6.14. The fraction of sp³-hybridized carbons (Fsp3) is 0.280. The van der Waals surface area contributed by atoms with Crippen molar-refractivity contribution in [1.82, 2.24) is 15.3 Å². The topological polar surface area (TPSA) is 103 Å². The molecule has 0 spiro atoms. The zero-order valence-electron chi connectivity index (χ0n) is 17.9. The van der Waals surface area contributed by atoms with E-state index < -0.39 is 0 Å². The molecule has 1 atom stereocenters. The average molecular weight is 442 g/mol. The monoisotopic (exact) mass is 442 g/mol. The summed E-state index contributed by atoms with van der Waals surface area (Å²) in [6, 6.07) is 15.4. The summed E-state index contributed by atoms with van der Waals surface area (Å²) in [6.07, 6.45) is 4.97. The molecule has 0 bridgehead atoms. The second-order valence-electron chi connectivity index (χ2n) is 8.52. The number of ether oxygens (including phenoxy) is 1. The lowest BCUT2D eigenvalue weighted by Crippen LogP contribution is -2.20. The Morgan fingerprint density at radius 1 is 1.06 bits per heavy atom. The number of rotatable bonds is 6. The van der Waals surface area contributed by atoms with Crippen LogP contribution in [0.4, 0.5) is 5.69 Å². The zero-order chi connectivity index (χ0) is 22.2. The molecule has 4 aromatic rings. The van der Waals surface area contributed by atoms with Gasteiger partial charge in [0.15, 0.2) is 0 Å². The molecule has 33 heavy (non-hydrogen) atoms. The third kappa shape index (κ3) is 4.00. The Bertz CT molecular complexity index is 1310. The van der Waals surface area contributed by atoms with Gasteiger partial charge >= 0.3 is 0 Å². The normalized spacial score (nSPS) is 17.3. The Kier molecular flexibility index (Phi) is 4.90. The van der Waals surface area contributed by atoms with Gasteiger partial charge in [0, 0.05) is 23.6 Å². The van der Waals surface area contributed by atoms with Gasteiger partial charge in [-0.15, -0.1) is 0 Å². The highest BCUT2D eigenvalue weighted by atomic mass is 16.5. The number of nitrogens with zero attached hydrogens (tertiary/aromatic N) is 3. The van der Waals surface area contributed by atoms with Crippen molar-refractivity contribution < 1.29 is 18.6 Å². The minimum Gasteiger partial charge on any atom is -0.493 e. The maximum Gasteiger partial charge on any atom is 0.263 e. The number of hydrogen-bond donors (Lipinski definition) is 1. The average Bonchev–Trinajstić information content (AvgIpc) is 3.35. The number of para-hydroxylation sites is 1. The SMILES string of the molecule is O=C(CC1CCOc2ccccc21)Nc1cccc(-c2noc(-c3conc3C3CC3)n2)c1. The van der Waals surface area contributed by atoms with E-state index in [0.717, 1.165) is 47.4 Å². The largest absolute Gasteiger partial charge is 0.493 e. The van der Waals surface area contributed by atoms with Crippen LogP contribution in [0.1, 0.15) is 48.8 Å². The van der Waals surface area contributed by atoms with Gasteiger partial charge in [0.05, 0.1) is 12.3 Å². The number of benzene rings is 2.